The van der Waals surface area contributed by atoms with Gasteiger partial charge in [-0.3, -0.25) is 4.79 Å². The Morgan fingerprint density at radius 2 is 1.61 bits per heavy atom. The van der Waals surface area contributed by atoms with Crippen molar-refractivity contribution in [3.8, 4) is 0 Å². The van der Waals surface area contributed by atoms with Gasteiger partial charge in [-0.1, -0.05) is 60.7 Å². The number of rotatable bonds is 6. The highest BCUT2D eigenvalue weighted by molar-refractivity contribution is 5.76. The van der Waals surface area contributed by atoms with Gasteiger partial charge in [0.15, 0.2) is 0 Å². The topological polar surface area (TPSA) is 29.5 Å². The summed E-state index contributed by atoms with van der Waals surface area (Å²) < 4.78 is 43.1. The zero-order chi connectivity index (χ0) is 20.0. The van der Waals surface area contributed by atoms with Crippen molar-refractivity contribution in [2.45, 2.75) is 37.5 Å². The van der Waals surface area contributed by atoms with Gasteiger partial charge in [0.25, 0.3) is 0 Å². The molecule has 2 aromatic rings. The Kier molecular flexibility index (Phi) is 6.73. The van der Waals surface area contributed by atoms with Crippen molar-refractivity contribution >= 4 is 5.91 Å². The van der Waals surface area contributed by atoms with Gasteiger partial charge in [-0.25, -0.2) is 0 Å². The van der Waals surface area contributed by atoms with Gasteiger partial charge in [-0.15, -0.1) is 0 Å². The van der Waals surface area contributed by atoms with Gasteiger partial charge in [0, 0.05) is 25.4 Å². The molecule has 1 heterocycles. The van der Waals surface area contributed by atoms with Crippen LogP contribution < -0.4 is 0 Å². The fourth-order valence-corrected chi connectivity index (χ4v) is 3.59. The quantitative estimate of drug-likeness (QED) is 0.709. The Bertz CT molecular complexity index is 710. The average molecular weight is 391 g/mol. The molecule has 0 saturated carbocycles. The minimum Gasteiger partial charge on any atom is -0.375 e. The largest absolute Gasteiger partial charge is 0.389 e. The summed E-state index contributed by atoms with van der Waals surface area (Å²) in [4.78, 5) is 13.7. The molecule has 1 aliphatic rings. The third kappa shape index (κ3) is 5.83. The number of ether oxygens (including phenoxy) is 1. The molecular formula is C22H24F3NO2. The molecule has 1 amide bonds. The average Bonchev–Trinajstić information content (AvgIpc) is 2.71. The van der Waals surface area contributed by atoms with E-state index in [0.717, 1.165) is 11.1 Å². The smallest absolute Gasteiger partial charge is 0.375 e. The van der Waals surface area contributed by atoms with E-state index in [9.17, 15) is 18.0 Å². The molecule has 0 spiro atoms. The van der Waals surface area contributed by atoms with Crippen molar-refractivity contribution in [3.05, 3.63) is 71.8 Å². The first-order valence-corrected chi connectivity index (χ1v) is 9.48. The van der Waals surface area contributed by atoms with Crippen molar-refractivity contribution in [1.82, 2.24) is 4.90 Å². The van der Waals surface area contributed by atoms with Crippen molar-refractivity contribution in [2.24, 2.45) is 0 Å². The number of nitrogens with zero attached hydrogens (tertiary/aromatic N) is 1. The van der Waals surface area contributed by atoms with Crippen LogP contribution in [0.1, 0.15) is 36.3 Å². The van der Waals surface area contributed by atoms with E-state index in [2.05, 4.69) is 24.3 Å². The molecule has 0 aromatic heterocycles. The maximum absolute atomic E-state index is 12.4. The molecule has 0 unspecified atom stereocenters. The Morgan fingerprint density at radius 3 is 2.14 bits per heavy atom. The molecule has 3 rings (SSSR count). The Balaban J connectivity index is 1.68. The molecule has 0 radical (unpaired) electrons. The lowest BCUT2D eigenvalue weighted by atomic mass is 9.86. The highest BCUT2D eigenvalue weighted by atomic mass is 19.4. The summed E-state index contributed by atoms with van der Waals surface area (Å²) >= 11 is 0. The Hall–Kier alpha value is -2.34. The number of amides is 1. The molecule has 28 heavy (non-hydrogen) atoms. The molecule has 0 bridgehead atoms. The Labute approximate surface area is 163 Å². The van der Waals surface area contributed by atoms with E-state index in [1.165, 1.54) is 4.90 Å². The molecule has 0 N–H and O–H groups in total. The van der Waals surface area contributed by atoms with Gasteiger partial charge >= 0.3 is 6.18 Å². The van der Waals surface area contributed by atoms with Crippen LogP contribution in [0.2, 0.25) is 0 Å². The van der Waals surface area contributed by atoms with Crippen LogP contribution in [-0.4, -0.2) is 42.8 Å². The van der Waals surface area contributed by atoms with Crippen LogP contribution in [-0.2, 0) is 9.53 Å². The molecule has 0 aliphatic carbocycles. The number of halogens is 3. The van der Waals surface area contributed by atoms with Gasteiger partial charge in [0.2, 0.25) is 5.91 Å². The summed E-state index contributed by atoms with van der Waals surface area (Å²) in [6.07, 6.45) is -5.44. The number of hydrogen-bond acceptors (Lipinski definition) is 2. The second-order valence-corrected chi connectivity index (χ2v) is 7.06. The predicted molar refractivity (Wildman–Crippen MR) is 101 cm³/mol. The van der Waals surface area contributed by atoms with Crippen LogP contribution in [0.5, 0.6) is 0 Å². The van der Waals surface area contributed by atoms with Gasteiger partial charge < -0.3 is 9.64 Å². The molecular weight excluding hydrogens is 367 g/mol. The van der Waals surface area contributed by atoms with Gasteiger partial charge in [0.05, 0.1) is 19.1 Å². The zero-order valence-corrected chi connectivity index (χ0v) is 15.6. The number of carbonyl (C=O) groups is 1. The van der Waals surface area contributed by atoms with Crippen molar-refractivity contribution < 1.29 is 22.7 Å². The minimum absolute atomic E-state index is 0.0950. The second-order valence-electron chi connectivity index (χ2n) is 7.06. The Morgan fingerprint density at radius 1 is 1.04 bits per heavy atom. The minimum atomic E-state index is -4.31. The molecule has 150 valence electrons. The standard InChI is InChI=1S/C22H24F3NO2/c23-22(24,25)12-11-21(27)26-13-14-28-19(16-26)15-20(17-7-3-1-4-8-17)18-9-5-2-6-10-18/h1-10,19-20H,11-16H2/t19-/m1/s1. The molecule has 1 saturated heterocycles. The lowest BCUT2D eigenvalue weighted by Gasteiger charge is -2.35. The predicted octanol–water partition coefficient (Wildman–Crippen LogP) is 4.78. The normalized spacial score (nSPS) is 17.7. The van der Waals surface area contributed by atoms with E-state index >= 15 is 0 Å². The first-order valence-electron chi connectivity index (χ1n) is 9.48. The van der Waals surface area contributed by atoms with E-state index in [1.807, 2.05) is 36.4 Å². The maximum atomic E-state index is 12.4. The number of morpholine rings is 1. The third-order valence-corrected chi connectivity index (χ3v) is 5.02. The molecule has 1 atom stereocenters. The number of hydrogen-bond donors (Lipinski definition) is 0. The van der Waals surface area contributed by atoms with Gasteiger partial charge in [-0.05, 0) is 17.5 Å². The molecule has 1 fully saturated rings. The van der Waals surface area contributed by atoms with Crippen LogP contribution in [0.3, 0.4) is 0 Å². The van der Waals surface area contributed by atoms with E-state index in [4.69, 9.17) is 4.74 Å². The summed E-state index contributed by atoms with van der Waals surface area (Å²) in [5.74, 6) is -0.362. The summed E-state index contributed by atoms with van der Waals surface area (Å²) in [6, 6.07) is 20.1. The van der Waals surface area contributed by atoms with Crippen molar-refractivity contribution in [1.29, 1.82) is 0 Å². The second kappa shape index (κ2) is 9.24. The number of alkyl halides is 3. The lowest BCUT2D eigenvalue weighted by molar-refractivity contribution is -0.153. The zero-order valence-electron chi connectivity index (χ0n) is 15.6. The van der Waals surface area contributed by atoms with Crippen LogP contribution in [0.4, 0.5) is 13.2 Å². The monoisotopic (exact) mass is 391 g/mol. The number of benzene rings is 2. The first kappa shape index (κ1) is 20.4. The maximum Gasteiger partial charge on any atom is 0.389 e. The van der Waals surface area contributed by atoms with Crippen LogP contribution in [0, 0.1) is 0 Å². The fraction of sp³-hybridized carbons (Fsp3) is 0.409. The summed E-state index contributed by atoms with van der Waals surface area (Å²) in [7, 11) is 0. The molecule has 2 aromatic carbocycles. The highest BCUT2D eigenvalue weighted by Crippen LogP contribution is 2.31. The molecule has 6 heteroatoms. The first-order chi connectivity index (χ1) is 13.4. The van der Waals surface area contributed by atoms with Crippen LogP contribution >= 0.6 is 0 Å². The summed E-state index contributed by atoms with van der Waals surface area (Å²) in [5, 5.41) is 0. The van der Waals surface area contributed by atoms with Crippen LogP contribution in [0.15, 0.2) is 60.7 Å². The van der Waals surface area contributed by atoms with E-state index in [0.29, 0.717) is 26.1 Å². The third-order valence-electron chi connectivity index (χ3n) is 5.02. The molecule has 3 nitrogen and oxygen atoms in total. The van der Waals surface area contributed by atoms with Crippen molar-refractivity contribution in [3.63, 3.8) is 0 Å². The SMILES string of the molecule is O=C(CCC(F)(F)F)N1CCO[C@H](CC(c2ccccc2)c2ccccc2)C1. The summed E-state index contributed by atoms with van der Waals surface area (Å²) in [5.41, 5.74) is 2.30. The highest BCUT2D eigenvalue weighted by Gasteiger charge is 2.32. The van der Waals surface area contributed by atoms with E-state index < -0.39 is 24.9 Å². The van der Waals surface area contributed by atoms with E-state index in [-0.39, 0.29) is 12.0 Å². The lowest BCUT2D eigenvalue weighted by Crippen LogP contribution is -2.46. The van der Waals surface area contributed by atoms with E-state index in [1.54, 1.807) is 0 Å². The number of carbonyl (C=O) groups excluding carboxylic acids is 1. The summed E-state index contributed by atoms with van der Waals surface area (Å²) in [6.45, 7) is 1.01. The van der Waals surface area contributed by atoms with Gasteiger partial charge in [-0.2, -0.15) is 13.2 Å². The molecule has 1 aliphatic heterocycles. The van der Waals surface area contributed by atoms with Crippen molar-refractivity contribution in [2.75, 3.05) is 19.7 Å². The van der Waals surface area contributed by atoms with Gasteiger partial charge in [0.1, 0.15) is 0 Å². The van der Waals surface area contributed by atoms with Crippen LogP contribution in [0.25, 0.3) is 0 Å². The fourth-order valence-electron chi connectivity index (χ4n) is 3.59.